The summed E-state index contributed by atoms with van der Waals surface area (Å²) in [6, 6.07) is 5.96. The first-order chi connectivity index (χ1) is 15.2. The molecule has 12 heteroatoms. The molecule has 0 spiro atoms. The number of rotatable bonds is 6. The second-order valence-corrected chi connectivity index (χ2v) is 7.32. The van der Waals surface area contributed by atoms with Crippen LogP contribution in [0.4, 0.5) is 0 Å². The lowest BCUT2D eigenvalue weighted by Crippen LogP contribution is -2.61. The van der Waals surface area contributed by atoms with Crippen LogP contribution in [0.3, 0.4) is 0 Å². The van der Waals surface area contributed by atoms with Crippen molar-refractivity contribution in [3.8, 4) is 5.75 Å². The Kier molecular flexibility index (Phi) is 8.00. The lowest BCUT2D eigenvalue weighted by atomic mass is 10.0. The zero-order valence-corrected chi connectivity index (χ0v) is 17.4. The van der Waals surface area contributed by atoms with Gasteiger partial charge in [0.1, 0.15) is 30.2 Å². The Morgan fingerprint density at radius 3 is 2.19 bits per heavy atom. The molecule has 2 aliphatic rings. The van der Waals surface area contributed by atoms with Crippen LogP contribution in [-0.4, -0.2) is 102 Å². The summed E-state index contributed by atoms with van der Waals surface area (Å²) in [6.45, 7) is 0.405. The molecule has 0 saturated carbocycles. The van der Waals surface area contributed by atoms with Gasteiger partial charge in [0.05, 0.1) is 25.9 Å². The average Bonchev–Trinajstić information content (AvgIpc) is 2.77. The molecule has 0 amide bonds. The fourth-order valence-corrected chi connectivity index (χ4v) is 3.34. The SMILES string of the molecule is COc1ccc(C(=O)O[C@H]2[C@H](O[C@H]3[C@@H](O)COC(O)[C@@H]3OC(C)=O)OC[C@@H](O)[C@@H]2O)cc1. The second-order valence-electron chi connectivity index (χ2n) is 7.32. The van der Waals surface area contributed by atoms with Crippen molar-refractivity contribution in [1.82, 2.24) is 0 Å². The third-order valence-electron chi connectivity index (χ3n) is 5.01. The first-order valence-corrected chi connectivity index (χ1v) is 9.84. The van der Waals surface area contributed by atoms with E-state index in [0.717, 1.165) is 6.92 Å². The standard InChI is InChI=1S/C20H26O12/c1-9(21)30-17-15(13(23)8-28-19(17)26)32-20-16(14(24)12(22)7-29-20)31-18(25)10-3-5-11(27-2)6-4-10/h3-6,12-17,19-20,22-24,26H,7-8H2,1-2H3/t12-,13+,14+,15+,16-,17-,19?,20+/m1/s1. The second kappa shape index (κ2) is 10.5. The molecule has 32 heavy (non-hydrogen) atoms. The number of benzene rings is 1. The number of aliphatic hydroxyl groups is 4. The summed E-state index contributed by atoms with van der Waals surface area (Å²) in [5.74, 6) is -1.09. The number of methoxy groups -OCH3 is 1. The van der Waals surface area contributed by atoms with Crippen LogP contribution in [0, 0.1) is 0 Å². The summed E-state index contributed by atoms with van der Waals surface area (Å²) in [4.78, 5) is 24.0. The van der Waals surface area contributed by atoms with Crippen molar-refractivity contribution in [2.45, 2.75) is 56.1 Å². The van der Waals surface area contributed by atoms with Crippen molar-refractivity contribution < 1.29 is 58.4 Å². The molecule has 8 atom stereocenters. The molecule has 178 valence electrons. The van der Waals surface area contributed by atoms with E-state index in [0.29, 0.717) is 5.75 Å². The number of aliphatic hydroxyl groups excluding tert-OH is 4. The number of carbonyl (C=O) groups excluding carboxylic acids is 2. The minimum Gasteiger partial charge on any atom is -0.497 e. The number of carbonyl (C=O) groups is 2. The summed E-state index contributed by atoms with van der Waals surface area (Å²) in [5, 5.41) is 40.7. The maximum Gasteiger partial charge on any atom is 0.338 e. The van der Waals surface area contributed by atoms with Crippen LogP contribution in [0.25, 0.3) is 0 Å². The molecule has 1 aromatic carbocycles. The summed E-state index contributed by atoms with van der Waals surface area (Å²) in [6.07, 6.45) is -11.6. The monoisotopic (exact) mass is 458 g/mol. The molecule has 0 bridgehead atoms. The van der Waals surface area contributed by atoms with Crippen molar-refractivity contribution in [3.05, 3.63) is 29.8 Å². The Bertz CT molecular complexity index is 783. The van der Waals surface area contributed by atoms with E-state index in [-0.39, 0.29) is 18.8 Å². The van der Waals surface area contributed by atoms with Crippen LogP contribution >= 0.6 is 0 Å². The van der Waals surface area contributed by atoms with E-state index < -0.39 is 61.1 Å². The minimum atomic E-state index is -1.59. The van der Waals surface area contributed by atoms with Gasteiger partial charge in [-0.3, -0.25) is 4.79 Å². The van der Waals surface area contributed by atoms with Gasteiger partial charge in [0.2, 0.25) is 0 Å². The molecule has 12 nitrogen and oxygen atoms in total. The number of esters is 2. The molecule has 1 aromatic rings. The Hall–Kier alpha value is -2.32. The van der Waals surface area contributed by atoms with Gasteiger partial charge < -0.3 is 48.8 Å². The predicted octanol–water partition coefficient (Wildman–Crippen LogP) is -1.67. The Balaban J connectivity index is 1.78. The first-order valence-electron chi connectivity index (χ1n) is 9.84. The molecule has 2 aliphatic heterocycles. The topological polar surface area (TPSA) is 170 Å². The molecular weight excluding hydrogens is 432 g/mol. The van der Waals surface area contributed by atoms with E-state index in [1.807, 2.05) is 0 Å². The largest absolute Gasteiger partial charge is 0.497 e. The fourth-order valence-electron chi connectivity index (χ4n) is 3.34. The smallest absolute Gasteiger partial charge is 0.338 e. The van der Waals surface area contributed by atoms with Crippen molar-refractivity contribution in [2.75, 3.05) is 20.3 Å². The maximum atomic E-state index is 12.6. The van der Waals surface area contributed by atoms with Gasteiger partial charge in [0.15, 0.2) is 24.8 Å². The van der Waals surface area contributed by atoms with E-state index in [1.54, 1.807) is 0 Å². The van der Waals surface area contributed by atoms with Gasteiger partial charge in [0.25, 0.3) is 0 Å². The molecule has 4 N–H and O–H groups in total. The fraction of sp³-hybridized carbons (Fsp3) is 0.600. The van der Waals surface area contributed by atoms with Gasteiger partial charge in [-0.25, -0.2) is 4.79 Å². The predicted molar refractivity (Wildman–Crippen MR) is 102 cm³/mol. The van der Waals surface area contributed by atoms with Crippen molar-refractivity contribution in [1.29, 1.82) is 0 Å². The highest BCUT2D eigenvalue weighted by Crippen LogP contribution is 2.27. The molecule has 0 radical (unpaired) electrons. The third kappa shape index (κ3) is 5.53. The normalized spacial score (nSPS) is 35.1. The Morgan fingerprint density at radius 1 is 0.906 bits per heavy atom. The zero-order chi connectivity index (χ0) is 23.4. The maximum absolute atomic E-state index is 12.6. The first kappa shape index (κ1) is 24.3. The van der Waals surface area contributed by atoms with Gasteiger partial charge in [-0.2, -0.15) is 0 Å². The summed E-state index contributed by atoms with van der Waals surface area (Å²) < 4.78 is 31.4. The Morgan fingerprint density at radius 2 is 1.56 bits per heavy atom. The summed E-state index contributed by atoms with van der Waals surface area (Å²) in [5.41, 5.74) is 0.135. The highest BCUT2D eigenvalue weighted by molar-refractivity contribution is 5.89. The molecule has 2 heterocycles. The van der Waals surface area contributed by atoms with E-state index in [9.17, 15) is 30.0 Å². The van der Waals surface area contributed by atoms with Crippen LogP contribution in [0.5, 0.6) is 5.75 Å². The summed E-state index contributed by atoms with van der Waals surface area (Å²) >= 11 is 0. The van der Waals surface area contributed by atoms with Crippen LogP contribution in [0.15, 0.2) is 24.3 Å². The third-order valence-corrected chi connectivity index (χ3v) is 5.01. The highest BCUT2D eigenvalue weighted by Gasteiger charge is 2.49. The van der Waals surface area contributed by atoms with Crippen molar-refractivity contribution in [3.63, 3.8) is 0 Å². The van der Waals surface area contributed by atoms with E-state index in [4.69, 9.17) is 28.4 Å². The van der Waals surface area contributed by atoms with E-state index in [2.05, 4.69) is 0 Å². The lowest BCUT2D eigenvalue weighted by Gasteiger charge is -2.43. The van der Waals surface area contributed by atoms with Gasteiger partial charge in [-0.15, -0.1) is 0 Å². The molecule has 2 saturated heterocycles. The molecule has 3 rings (SSSR count). The summed E-state index contributed by atoms with van der Waals surface area (Å²) in [7, 11) is 1.47. The zero-order valence-electron chi connectivity index (χ0n) is 17.4. The van der Waals surface area contributed by atoms with Crippen LogP contribution in [0.1, 0.15) is 17.3 Å². The lowest BCUT2D eigenvalue weighted by molar-refractivity contribution is -0.329. The molecule has 0 aromatic heterocycles. The van der Waals surface area contributed by atoms with Crippen LogP contribution in [0.2, 0.25) is 0 Å². The van der Waals surface area contributed by atoms with Crippen molar-refractivity contribution >= 4 is 11.9 Å². The van der Waals surface area contributed by atoms with E-state index in [1.165, 1.54) is 31.4 Å². The minimum absolute atomic E-state index is 0.135. The number of hydrogen-bond acceptors (Lipinski definition) is 12. The Labute approximate surface area is 183 Å². The van der Waals surface area contributed by atoms with Crippen LogP contribution in [-0.2, 0) is 28.5 Å². The van der Waals surface area contributed by atoms with Crippen molar-refractivity contribution in [2.24, 2.45) is 0 Å². The van der Waals surface area contributed by atoms with Gasteiger partial charge in [0, 0.05) is 6.92 Å². The quantitative estimate of drug-likeness (QED) is 0.358. The van der Waals surface area contributed by atoms with Gasteiger partial charge >= 0.3 is 11.9 Å². The van der Waals surface area contributed by atoms with Crippen LogP contribution < -0.4 is 4.74 Å². The average molecular weight is 458 g/mol. The number of ether oxygens (including phenoxy) is 6. The van der Waals surface area contributed by atoms with E-state index >= 15 is 0 Å². The highest BCUT2D eigenvalue weighted by atomic mass is 16.7. The molecular formula is C20H26O12. The molecule has 0 aliphatic carbocycles. The van der Waals surface area contributed by atoms with Gasteiger partial charge in [-0.1, -0.05) is 0 Å². The molecule has 2 fully saturated rings. The molecule has 1 unspecified atom stereocenters. The van der Waals surface area contributed by atoms with Gasteiger partial charge in [-0.05, 0) is 24.3 Å². The number of hydrogen-bond donors (Lipinski definition) is 4.